The summed E-state index contributed by atoms with van der Waals surface area (Å²) in [4.78, 5) is 15.1. The number of benzene rings is 1. The maximum Gasteiger partial charge on any atom is 0.302 e. The molecule has 0 saturated carbocycles. The maximum absolute atomic E-state index is 10.9. The number of pyridine rings is 1. The molecule has 1 aromatic heterocycles. The molecule has 18 heavy (non-hydrogen) atoms. The van der Waals surface area contributed by atoms with Crippen molar-refractivity contribution in [3.63, 3.8) is 0 Å². The van der Waals surface area contributed by atoms with Crippen molar-refractivity contribution in [1.82, 2.24) is 4.98 Å². The van der Waals surface area contributed by atoms with E-state index < -0.39 is 4.92 Å². The van der Waals surface area contributed by atoms with Crippen LogP contribution in [-0.2, 0) is 0 Å². The Balaban J connectivity index is 2.37. The summed E-state index contributed by atoms with van der Waals surface area (Å²) in [6, 6.07) is 7.88. The van der Waals surface area contributed by atoms with Crippen molar-refractivity contribution >= 4 is 33.4 Å². The molecular weight excluding hydrogens is 320 g/mol. The minimum Gasteiger partial charge on any atom is -0.508 e. The molecule has 1 heterocycles. The van der Waals surface area contributed by atoms with E-state index in [2.05, 4.69) is 20.9 Å². The molecule has 0 bridgehead atoms. The lowest BCUT2D eigenvalue weighted by molar-refractivity contribution is -0.388. The number of hydrogen-bond acceptors (Lipinski definition) is 5. The van der Waals surface area contributed by atoms with Gasteiger partial charge in [-0.2, -0.15) is 0 Å². The molecule has 0 saturated heterocycles. The summed E-state index contributed by atoms with van der Waals surface area (Å²) < 4.78 is 0.550. The molecule has 2 rings (SSSR count). The van der Waals surface area contributed by atoms with Crippen molar-refractivity contribution < 1.29 is 10.0 Å². The van der Waals surface area contributed by atoms with Gasteiger partial charge in [0.15, 0.2) is 5.03 Å². The van der Waals surface area contributed by atoms with Gasteiger partial charge in [0.25, 0.3) is 0 Å². The molecule has 2 aromatic rings. The quantitative estimate of drug-likeness (QED) is 0.688. The topological polar surface area (TPSA) is 76.3 Å². The molecular formula is C11H7BrN2O3S. The third-order valence-electron chi connectivity index (χ3n) is 2.03. The van der Waals surface area contributed by atoms with Crippen LogP contribution in [0.15, 0.2) is 50.9 Å². The highest BCUT2D eigenvalue weighted by atomic mass is 79.9. The summed E-state index contributed by atoms with van der Waals surface area (Å²) in [6.45, 7) is 0. The maximum atomic E-state index is 10.9. The zero-order chi connectivity index (χ0) is 13.1. The van der Waals surface area contributed by atoms with Gasteiger partial charge < -0.3 is 5.11 Å². The third-order valence-corrected chi connectivity index (χ3v) is 3.46. The van der Waals surface area contributed by atoms with Gasteiger partial charge in [0, 0.05) is 21.6 Å². The van der Waals surface area contributed by atoms with Crippen LogP contribution in [0.3, 0.4) is 0 Å². The van der Waals surface area contributed by atoms with E-state index in [4.69, 9.17) is 0 Å². The van der Waals surface area contributed by atoms with Crippen LogP contribution in [0.5, 0.6) is 5.75 Å². The van der Waals surface area contributed by atoms with Crippen LogP contribution in [0, 0.1) is 10.1 Å². The van der Waals surface area contributed by atoms with Crippen molar-refractivity contribution in [3.05, 3.63) is 51.1 Å². The molecule has 1 aromatic carbocycles. The van der Waals surface area contributed by atoms with Crippen LogP contribution in [0.2, 0.25) is 0 Å². The van der Waals surface area contributed by atoms with Gasteiger partial charge in [0.2, 0.25) is 0 Å². The smallest absolute Gasteiger partial charge is 0.302 e. The number of rotatable bonds is 3. The molecule has 0 atom stereocenters. The van der Waals surface area contributed by atoms with Crippen LogP contribution in [0.1, 0.15) is 0 Å². The van der Waals surface area contributed by atoms with Crippen molar-refractivity contribution in [2.75, 3.05) is 0 Å². The van der Waals surface area contributed by atoms with Crippen molar-refractivity contribution in [2.24, 2.45) is 0 Å². The molecule has 0 aliphatic rings. The Hall–Kier alpha value is -1.60. The summed E-state index contributed by atoms with van der Waals surface area (Å²) in [5.74, 6) is 0.111. The van der Waals surface area contributed by atoms with Gasteiger partial charge in [0.05, 0.1) is 4.92 Å². The van der Waals surface area contributed by atoms with Crippen LogP contribution in [0.4, 0.5) is 5.69 Å². The van der Waals surface area contributed by atoms with Gasteiger partial charge in [-0.25, -0.2) is 4.98 Å². The fourth-order valence-corrected chi connectivity index (χ4v) is 2.50. The second-order valence-electron chi connectivity index (χ2n) is 3.33. The predicted octanol–water partition coefficient (Wildman–Crippen LogP) is 3.61. The second-order valence-corrected chi connectivity index (χ2v) is 5.31. The zero-order valence-corrected chi connectivity index (χ0v) is 11.3. The van der Waals surface area contributed by atoms with Crippen molar-refractivity contribution in [3.8, 4) is 5.75 Å². The summed E-state index contributed by atoms with van der Waals surface area (Å²) in [6.07, 6.45) is 1.50. The average Bonchev–Trinajstić information content (AvgIpc) is 2.31. The first-order valence-corrected chi connectivity index (χ1v) is 6.44. The van der Waals surface area contributed by atoms with E-state index in [1.165, 1.54) is 24.4 Å². The molecule has 1 N–H and O–H groups in total. The molecule has 0 radical (unpaired) electrons. The van der Waals surface area contributed by atoms with Gasteiger partial charge in [-0.15, -0.1) is 0 Å². The SMILES string of the molecule is O=[N+]([O-])c1cc(Br)cnc1Sc1cccc(O)c1. The average molecular weight is 327 g/mol. The van der Waals surface area contributed by atoms with Gasteiger partial charge >= 0.3 is 5.69 Å². The Morgan fingerprint density at radius 3 is 2.83 bits per heavy atom. The van der Waals surface area contributed by atoms with Crippen LogP contribution >= 0.6 is 27.7 Å². The first-order valence-electron chi connectivity index (χ1n) is 4.83. The van der Waals surface area contributed by atoms with Crippen molar-refractivity contribution in [1.29, 1.82) is 0 Å². The van der Waals surface area contributed by atoms with E-state index in [-0.39, 0.29) is 16.5 Å². The minimum absolute atomic E-state index is 0.0716. The summed E-state index contributed by atoms with van der Waals surface area (Å²) in [5, 5.41) is 20.5. The highest BCUT2D eigenvalue weighted by molar-refractivity contribution is 9.10. The Bertz CT molecular complexity index is 607. The number of phenols is 1. The molecule has 0 aliphatic heterocycles. The van der Waals surface area contributed by atoms with E-state index in [0.717, 1.165) is 11.8 Å². The van der Waals surface area contributed by atoms with Crippen LogP contribution < -0.4 is 0 Å². The van der Waals surface area contributed by atoms with E-state index >= 15 is 0 Å². The van der Waals surface area contributed by atoms with Gasteiger partial charge in [0.1, 0.15) is 5.75 Å². The Morgan fingerprint density at radius 2 is 2.17 bits per heavy atom. The number of nitrogens with zero attached hydrogens (tertiary/aromatic N) is 2. The monoisotopic (exact) mass is 326 g/mol. The molecule has 7 heteroatoms. The lowest BCUT2D eigenvalue weighted by Gasteiger charge is -2.03. The van der Waals surface area contributed by atoms with Crippen LogP contribution in [-0.4, -0.2) is 15.0 Å². The molecule has 5 nitrogen and oxygen atoms in total. The minimum atomic E-state index is -0.483. The fourth-order valence-electron chi connectivity index (χ4n) is 1.28. The van der Waals surface area contributed by atoms with Crippen molar-refractivity contribution in [2.45, 2.75) is 9.92 Å². The molecule has 0 amide bonds. The number of halogens is 1. The summed E-state index contributed by atoms with van der Waals surface area (Å²) >= 11 is 4.28. The summed E-state index contributed by atoms with van der Waals surface area (Å²) in [7, 11) is 0. The predicted molar refractivity (Wildman–Crippen MR) is 70.8 cm³/mol. The first-order chi connectivity index (χ1) is 8.56. The van der Waals surface area contributed by atoms with E-state index in [1.54, 1.807) is 12.1 Å². The van der Waals surface area contributed by atoms with E-state index in [0.29, 0.717) is 9.37 Å². The largest absolute Gasteiger partial charge is 0.508 e. The van der Waals surface area contributed by atoms with Gasteiger partial charge in [-0.3, -0.25) is 10.1 Å². The lowest BCUT2D eigenvalue weighted by Crippen LogP contribution is -1.93. The standard InChI is InChI=1S/C11H7BrN2O3S/c12-7-4-10(14(16)17)11(13-6-7)18-9-3-1-2-8(15)5-9/h1-6,15H. The Labute approximate surface area is 115 Å². The second kappa shape index (κ2) is 5.36. The van der Waals surface area contributed by atoms with Crippen LogP contribution in [0.25, 0.3) is 0 Å². The molecule has 92 valence electrons. The molecule has 0 unspecified atom stereocenters. The zero-order valence-electron chi connectivity index (χ0n) is 8.91. The molecule has 0 spiro atoms. The number of aromatic hydroxyl groups is 1. The molecule has 0 aliphatic carbocycles. The molecule has 0 fully saturated rings. The number of aromatic nitrogens is 1. The number of phenolic OH excluding ortho intramolecular Hbond substituents is 1. The van der Waals surface area contributed by atoms with Gasteiger partial charge in [-0.1, -0.05) is 17.8 Å². The fraction of sp³-hybridized carbons (Fsp3) is 0. The number of hydrogen-bond donors (Lipinski definition) is 1. The summed E-state index contributed by atoms with van der Waals surface area (Å²) in [5.41, 5.74) is -0.0716. The lowest BCUT2D eigenvalue weighted by atomic mass is 10.3. The Kier molecular flexibility index (Phi) is 3.83. The highest BCUT2D eigenvalue weighted by Crippen LogP contribution is 2.35. The van der Waals surface area contributed by atoms with Gasteiger partial charge in [-0.05, 0) is 34.1 Å². The van der Waals surface area contributed by atoms with E-state index in [9.17, 15) is 15.2 Å². The highest BCUT2D eigenvalue weighted by Gasteiger charge is 2.17. The Morgan fingerprint density at radius 1 is 1.39 bits per heavy atom. The normalized spacial score (nSPS) is 10.3. The third kappa shape index (κ3) is 2.99. The first kappa shape index (κ1) is 12.8. The number of nitro groups is 1. The van der Waals surface area contributed by atoms with E-state index in [1.807, 2.05) is 0 Å².